The van der Waals surface area contributed by atoms with Crippen LogP contribution in [0.1, 0.15) is 38.3 Å². The third-order valence-corrected chi connectivity index (χ3v) is 4.38. The molecule has 0 amide bonds. The molecule has 0 spiro atoms. The van der Waals surface area contributed by atoms with E-state index >= 15 is 0 Å². The molecule has 0 aromatic heterocycles. The molecule has 3 heteroatoms. The topological polar surface area (TPSA) is 29.3 Å². The molecular formula is C18H26ClN2. The molecule has 0 aliphatic carbocycles. The fourth-order valence-electron chi connectivity index (χ4n) is 2.77. The van der Waals surface area contributed by atoms with Gasteiger partial charge in [-0.05, 0) is 55.5 Å². The van der Waals surface area contributed by atoms with E-state index in [1.165, 1.54) is 11.1 Å². The molecule has 2 N–H and O–H groups in total. The Morgan fingerprint density at radius 2 is 1.95 bits per heavy atom. The van der Waals surface area contributed by atoms with Crippen molar-refractivity contribution in [1.29, 1.82) is 0 Å². The van der Waals surface area contributed by atoms with E-state index in [0.717, 1.165) is 36.5 Å². The summed E-state index contributed by atoms with van der Waals surface area (Å²) in [4.78, 5) is 2.35. The van der Waals surface area contributed by atoms with Crippen LogP contribution in [0.5, 0.6) is 0 Å². The van der Waals surface area contributed by atoms with Crippen molar-refractivity contribution in [3.8, 4) is 0 Å². The first-order chi connectivity index (χ1) is 9.97. The second kappa shape index (κ2) is 7.44. The minimum atomic E-state index is -0.0272. The van der Waals surface area contributed by atoms with E-state index in [1.807, 2.05) is 24.3 Å². The zero-order valence-corrected chi connectivity index (χ0v) is 14.0. The van der Waals surface area contributed by atoms with E-state index < -0.39 is 0 Å². The normalized spacial score (nSPS) is 18.4. The summed E-state index contributed by atoms with van der Waals surface area (Å²) in [5.41, 5.74) is 10.6. The van der Waals surface area contributed by atoms with Gasteiger partial charge in [0.05, 0.1) is 6.04 Å². The number of rotatable bonds is 5. The summed E-state index contributed by atoms with van der Waals surface area (Å²) in [7, 11) is 2.16. The predicted octanol–water partition coefficient (Wildman–Crippen LogP) is 4.22. The molecule has 1 unspecified atom stereocenters. The molecule has 0 bridgehead atoms. The van der Waals surface area contributed by atoms with Crippen LogP contribution in [0.15, 0.2) is 35.4 Å². The van der Waals surface area contributed by atoms with Crippen LogP contribution in [0, 0.1) is 12.3 Å². The molecular weight excluding hydrogens is 280 g/mol. The van der Waals surface area contributed by atoms with Crippen LogP contribution in [0.25, 0.3) is 0 Å². The summed E-state index contributed by atoms with van der Waals surface area (Å²) >= 11 is 5.97. The first kappa shape index (κ1) is 16.5. The lowest BCUT2D eigenvalue weighted by atomic mass is 9.87. The lowest BCUT2D eigenvalue weighted by Crippen LogP contribution is -2.32. The van der Waals surface area contributed by atoms with Crippen LogP contribution in [-0.2, 0) is 0 Å². The predicted molar refractivity (Wildman–Crippen MR) is 91.3 cm³/mol. The highest BCUT2D eigenvalue weighted by Crippen LogP contribution is 2.31. The maximum Gasteiger partial charge on any atom is 0.0526 e. The molecule has 2 rings (SSSR count). The fraction of sp³-hybridized carbons (Fsp3) is 0.500. The second-order valence-electron chi connectivity index (χ2n) is 6.33. The molecule has 1 aliphatic heterocycles. The van der Waals surface area contributed by atoms with Crippen molar-refractivity contribution in [3.63, 3.8) is 0 Å². The molecule has 0 fully saturated rings. The van der Waals surface area contributed by atoms with E-state index in [9.17, 15) is 0 Å². The smallest absolute Gasteiger partial charge is 0.0526 e. The molecule has 1 aromatic carbocycles. The number of nitrogens with two attached hydrogens (primary N) is 1. The summed E-state index contributed by atoms with van der Waals surface area (Å²) in [6.45, 7) is 6.55. The Morgan fingerprint density at radius 3 is 2.57 bits per heavy atom. The van der Waals surface area contributed by atoms with E-state index in [2.05, 4.69) is 32.2 Å². The molecule has 1 atom stereocenters. The Balaban J connectivity index is 2.23. The number of hydrogen-bond acceptors (Lipinski definition) is 2. The molecule has 0 saturated carbocycles. The highest BCUT2D eigenvalue weighted by molar-refractivity contribution is 6.30. The monoisotopic (exact) mass is 305 g/mol. The van der Waals surface area contributed by atoms with Gasteiger partial charge in [-0.3, -0.25) is 0 Å². The largest absolute Gasteiger partial charge is 0.320 e. The summed E-state index contributed by atoms with van der Waals surface area (Å²) in [6, 6.07) is 7.89. The van der Waals surface area contributed by atoms with Crippen LogP contribution in [-0.4, -0.2) is 25.0 Å². The number of halogens is 1. The van der Waals surface area contributed by atoms with E-state index in [1.54, 1.807) is 0 Å². The maximum absolute atomic E-state index is 6.54. The molecule has 1 radical (unpaired) electrons. The Morgan fingerprint density at radius 1 is 1.29 bits per heavy atom. The molecule has 2 nitrogen and oxygen atoms in total. The number of hydrogen-bond donors (Lipinski definition) is 1. The van der Waals surface area contributed by atoms with Crippen LogP contribution in [0.3, 0.4) is 0 Å². The fourth-order valence-corrected chi connectivity index (χ4v) is 2.89. The Hall–Kier alpha value is -0.830. The molecule has 1 aromatic rings. The van der Waals surface area contributed by atoms with Gasteiger partial charge in [0.1, 0.15) is 0 Å². The molecule has 1 aliphatic rings. The lowest BCUT2D eigenvalue weighted by molar-refractivity contribution is 0.336. The van der Waals surface area contributed by atoms with Gasteiger partial charge in [-0.25, -0.2) is 0 Å². The zero-order valence-electron chi connectivity index (χ0n) is 13.3. The van der Waals surface area contributed by atoms with Crippen LogP contribution in [0.4, 0.5) is 0 Å². The standard InChI is InChI=1S/C18H26ClN2/c1-13(2)4-5-14-10-11-21(3)12-17(14)18(20)15-6-8-16(19)9-7-15/h4,6-9,13,18H,5,10-12,20H2,1-3H3. The Kier molecular flexibility index (Phi) is 5.86. The summed E-state index contributed by atoms with van der Waals surface area (Å²) in [5, 5.41) is 0.758. The first-order valence-electron chi connectivity index (χ1n) is 7.71. The van der Waals surface area contributed by atoms with Gasteiger partial charge in [0.2, 0.25) is 0 Å². The van der Waals surface area contributed by atoms with E-state index in [0.29, 0.717) is 5.92 Å². The summed E-state index contributed by atoms with van der Waals surface area (Å²) in [5.74, 6) is 0.616. The highest BCUT2D eigenvalue weighted by atomic mass is 35.5. The van der Waals surface area contributed by atoms with Crippen LogP contribution in [0.2, 0.25) is 5.02 Å². The Labute approximate surface area is 134 Å². The number of likely N-dealkylation sites (N-methyl/N-ethyl adjacent to an activating group) is 1. The average Bonchev–Trinajstić information content (AvgIpc) is 2.46. The average molecular weight is 306 g/mol. The third kappa shape index (κ3) is 4.57. The molecule has 21 heavy (non-hydrogen) atoms. The SMILES string of the molecule is CC(C)[CH]CC1=C(C(N)c2ccc(Cl)cc2)CN(C)CC1. The molecule has 115 valence electrons. The van der Waals surface area contributed by atoms with Crippen molar-refractivity contribution in [3.05, 3.63) is 52.4 Å². The van der Waals surface area contributed by atoms with Gasteiger partial charge in [0.25, 0.3) is 0 Å². The van der Waals surface area contributed by atoms with Crippen molar-refractivity contribution >= 4 is 11.6 Å². The third-order valence-electron chi connectivity index (χ3n) is 4.13. The summed E-state index contributed by atoms with van der Waals surface area (Å²) < 4.78 is 0. The van der Waals surface area contributed by atoms with E-state index in [-0.39, 0.29) is 6.04 Å². The van der Waals surface area contributed by atoms with Gasteiger partial charge in [0.15, 0.2) is 0 Å². The van der Waals surface area contributed by atoms with E-state index in [4.69, 9.17) is 17.3 Å². The Bertz CT molecular complexity index is 490. The van der Waals surface area contributed by atoms with Crippen LogP contribution < -0.4 is 5.73 Å². The number of benzene rings is 1. The van der Waals surface area contributed by atoms with Gasteiger partial charge in [-0.15, -0.1) is 0 Å². The van der Waals surface area contributed by atoms with Gasteiger partial charge >= 0.3 is 0 Å². The minimum Gasteiger partial charge on any atom is -0.320 e. The maximum atomic E-state index is 6.54. The van der Waals surface area contributed by atoms with Crippen molar-refractivity contribution < 1.29 is 0 Å². The zero-order chi connectivity index (χ0) is 15.4. The van der Waals surface area contributed by atoms with Crippen molar-refractivity contribution in [2.24, 2.45) is 11.7 Å². The quantitative estimate of drug-likeness (QED) is 0.825. The van der Waals surface area contributed by atoms with Crippen molar-refractivity contribution in [1.82, 2.24) is 4.90 Å². The van der Waals surface area contributed by atoms with Crippen LogP contribution >= 0.6 is 11.6 Å². The summed E-state index contributed by atoms with van der Waals surface area (Å²) in [6.07, 6.45) is 4.56. The van der Waals surface area contributed by atoms with Crippen molar-refractivity contribution in [2.45, 2.75) is 32.7 Å². The van der Waals surface area contributed by atoms with Gasteiger partial charge in [-0.1, -0.05) is 43.2 Å². The highest BCUT2D eigenvalue weighted by Gasteiger charge is 2.22. The van der Waals surface area contributed by atoms with Crippen molar-refractivity contribution in [2.75, 3.05) is 20.1 Å². The van der Waals surface area contributed by atoms with Gasteiger partial charge in [-0.2, -0.15) is 0 Å². The first-order valence-corrected chi connectivity index (χ1v) is 8.09. The lowest BCUT2D eigenvalue weighted by Gasteiger charge is -2.31. The van der Waals surface area contributed by atoms with Gasteiger partial charge in [0, 0.05) is 18.1 Å². The minimum absolute atomic E-state index is 0.0272. The second-order valence-corrected chi connectivity index (χ2v) is 6.77. The molecule has 1 heterocycles. The molecule has 0 saturated heterocycles. The van der Waals surface area contributed by atoms with Gasteiger partial charge < -0.3 is 10.6 Å². The number of nitrogens with zero attached hydrogens (tertiary/aromatic N) is 1.